The van der Waals surface area contributed by atoms with Crippen molar-refractivity contribution in [2.75, 3.05) is 6.61 Å². The molecule has 0 radical (unpaired) electrons. The first-order valence-corrected chi connectivity index (χ1v) is 11.9. The first-order chi connectivity index (χ1) is 17.8. The molecule has 0 fully saturated rings. The number of carbonyl (C=O) groups excluding carboxylic acids is 2. The highest BCUT2D eigenvalue weighted by molar-refractivity contribution is 5.89. The first kappa shape index (κ1) is 28.1. The topological polar surface area (TPSA) is 133 Å². The Morgan fingerprint density at radius 3 is 2.39 bits per heavy atom. The van der Waals surface area contributed by atoms with Crippen molar-refractivity contribution in [2.45, 2.75) is 46.5 Å². The third kappa shape index (κ3) is 8.02. The summed E-state index contributed by atoms with van der Waals surface area (Å²) in [7, 11) is 0. The van der Waals surface area contributed by atoms with Crippen LogP contribution in [0.25, 0.3) is 0 Å². The minimum Gasteiger partial charge on any atom is -0.484 e. The van der Waals surface area contributed by atoms with E-state index in [2.05, 4.69) is 45.1 Å². The van der Waals surface area contributed by atoms with Crippen LogP contribution in [0.15, 0.2) is 70.4 Å². The third-order valence-corrected chi connectivity index (χ3v) is 5.49. The van der Waals surface area contributed by atoms with E-state index in [9.17, 15) is 19.7 Å². The van der Waals surface area contributed by atoms with E-state index >= 15 is 0 Å². The lowest BCUT2D eigenvalue weighted by atomic mass is 9.72. The van der Waals surface area contributed by atoms with Crippen molar-refractivity contribution in [3.8, 4) is 11.5 Å². The zero-order chi connectivity index (χ0) is 27.9. The molecule has 200 valence electrons. The Morgan fingerprint density at radius 1 is 1.08 bits per heavy atom. The second kappa shape index (κ2) is 11.7. The van der Waals surface area contributed by atoms with Gasteiger partial charge in [0.1, 0.15) is 5.75 Å². The van der Waals surface area contributed by atoms with Gasteiger partial charge in [0.05, 0.1) is 17.4 Å². The molecule has 1 amide bonds. The molecule has 0 bridgehead atoms. The lowest BCUT2D eigenvalue weighted by Crippen LogP contribution is -2.25. The number of furan rings is 1. The lowest BCUT2D eigenvalue weighted by Gasteiger charge is -2.33. The highest BCUT2D eigenvalue weighted by atomic mass is 16.6. The molecule has 0 aliphatic heterocycles. The fraction of sp³-hybridized carbons (Fsp3) is 0.321. The number of benzene rings is 2. The maximum absolute atomic E-state index is 12.1. The van der Waals surface area contributed by atoms with Crippen molar-refractivity contribution in [1.29, 1.82) is 0 Å². The molecule has 0 unspecified atom stereocenters. The summed E-state index contributed by atoms with van der Waals surface area (Å²) in [6.45, 7) is 10.8. The quantitative estimate of drug-likeness (QED) is 0.120. The highest BCUT2D eigenvalue weighted by Crippen LogP contribution is 2.36. The molecule has 3 rings (SSSR count). The van der Waals surface area contributed by atoms with E-state index in [4.69, 9.17) is 13.9 Å². The van der Waals surface area contributed by atoms with Gasteiger partial charge in [0.15, 0.2) is 6.61 Å². The van der Waals surface area contributed by atoms with E-state index in [1.807, 2.05) is 24.3 Å². The van der Waals surface area contributed by atoms with Gasteiger partial charge in [-0.25, -0.2) is 10.2 Å². The number of hydrogen-bond acceptors (Lipinski definition) is 8. The van der Waals surface area contributed by atoms with Gasteiger partial charge >= 0.3 is 11.7 Å². The summed E-state index contributed by atoms with van der Waals surface area (Å²) in [5.41, 5.74) is 3.55. The molecular weight excluding hydrogens is 490 g/mol. The Morgan fingerprint density at radius 2 is 1.79 bits per heavy atom. The van der Waals surface area contributed by atoms with Crippen LogP contribution in [0.1, 0.15) is 62.7 Å². The largest absolute Gasteiger partial charge is 0.484 e. The van der Waals surface area contributed by atoms with Crippen molar-refractivity contribution in [3.63, 3.8) is 0 Å². The second-order valence-corrected chi connectivity index (χ2v) is 10.6. The normalized spacial score (nSPS) is 11.8. The van der Waals surface area contributed by atoms with Crippen LogP contribution in [0.5, 0.6) is 11.5 Å². The van der Waals surface area contributed by atoms with Crippen molar-refractivity contribution >= 4 is 23.8 Å². The van der Waals surface area contributed by atoms with Gasteiger partial charge in [0.2, 0.25) is 11.5 Å². The molecular formula is C28H31N3O7. The summed E-state index contributed by atoms with van der Waals surface area (Å²) in [4.78, 5) is 34.9. The predicted molar refractivity (Wildman–Crippen MR) is 142 cm³/mol. The molecule has 1 N–H and O–H groups in total. The van der Waals surface area contributed by atoms with E-state index in [0.29, 0.717) is 11.3 Å². The van der Waals surface area contributed by atoms with E-state index in [-0.39, 0.29) is 28.9 Å². The van der Waals surface area contributed by atoms with E-state index in [0.717, 1.165) is 6.42 Å². The summed E-state index contributed by atoms with van der Waals surface area (Å²) < 4.78 is 15.5. The minimum absolute atomic E-state index is 0.00276. The number of amides is 1. The van der Waals surface area contributed by atoms with Gasteiger partial charge in [-0.05, 0) is 59.2 Å². The van der Waals surface area contributed by atoms with Crippen LogP contribution in [-0.2, 0) is 10.2 Å². The molecule has 0 atom stereocenters. The number of hydrogen-bond donors (Lipinski definition) is 1. The number of nitro groups is 1. The van der Waals surface area contributed by atoms with Crippen LogP contribution in [-0.4, -0.2) is 29.6 Å². The highest BCUT2D eigenvalue weighted by Gasteiger charge is 2.27. The number of nitro benzene ring substituents is 1. The average molecular weight is 522 g/mol. The van der Waals surface area contributed by atoms with Gasteiger partial charge in [0.25, 0.3) is 5.91 Å². The molecule has 0 aliphatic rings. The monoisotopic (exact) mass is 521 g/mol. The molecule has 38 heavy (non-hydrogen) atoms. The number of carbonyl (C=O) groups is 2. The van der Waals surface area contributed by atoms with Crippen molar-refractivity contribution < 1.29 is 28.4 Å². The number of rotatable bonds is 10. The molecule has 0 spiro atoms. The Labute approximate surface area is 220 Å². The predicted octanol–water partition coefficient (Wildman–Crippen LogP) is 5.65. The molecule has 1 aromatic heterocycles. The zero-order valence-corrected chi connectivity index (χ0v) is 22.0. The summed E-state index contributed by atoms with van der Waals surface area (Å²) in [6.07, 6.45) is 3.53. The zero-order valence-electron chi connectivity index (χ0n) is 22.0. The van der Waals surface area contributed by atoms with Crippen molar-refractivity contribution in [2.24, 2.45) is 10.5 Å². The molecule has 2 aromatic carbocycles. The van der Waals surface area contributed by atoms with Gasteiger partial charge in [-0.15, -0.1) is 0 Å². The molecule has 0 saturated heterocycles. The summed E-state index contributed by atoms with van der Waals surface area (Å²) in [5, 5.41) is 15.3. The Kier molecular flexibility index (Phi) is 8.67. The van der Waals surface area contributed by atoms with Gasteiger partial charge in [-0.1, -0.05) is 46.8 Å². The van der Waals surface area contributed by atoms with Gasteiger partial charge < -0.3 is 13.9 Å². The fourth-order valence-corrected chi connectivity index (χ4v) is 4.18. The maximum atomic E-state index is 12.1. The van der Waals surface area contributed by atoms with Gasteiger partial charge in [-0.3, -0.25) is 14.9 Å². The SMILES string of the molecule is CC(C)(C)CC(C)(C)c1ccc(OCC(=O)N/N=C\c2ccc(OC(=O)c3ccco3)c([N+](=O)[O-])c2)cc1. The minimum atomic E-state index is -0.866. The fourth-order valence-electron chi connectivity index (χ4n) is 4.18. The molecule has 10 heteroatoms. The summed E-state index contributed by atoms with van der Waals surface area (Å²) in [6, 6.07) is 14.4. The summed E-state index contributed by atoms with van der Waals surface area (Å²) >= 11 is 0. The number of hydrazone groups is 1. The molecule has 3 aromatic rings. The number of nitrogens with zero attached hydrogens (tertiary/aromatic N) is 2. The van der Waals surface area contributed by atoms with Crippen molar-refractivity contribution in [1.82, 2.24) is 5.43 Å². The Bertz CT molecular complexity index is 1310. The maximum Gasteiger partial charge on any atom is 0.379 e. The standard InChI is InChI=1S/C28H31N3O7/c1-27(2,3)18-28(4,5)20-9-11-21(12-10-20)37-17-25(32)30-29-16-19-8-13-23(22(15-19)31(34)35)38-26(33)24-7-6-14-36-24/h6-16H,17-18H2,1-5H3,(H,30,32)/b29-16-. The van der Waals surface area contributed by atoms with Crippen LogP contribution < -0.4 is 14.9 Å². The van der Waals surface area contributed by atoms with Crippen molar-refractivity contribution in [3.05, 3.63) is 87.9 Å². The number of esters is 1. The van der Waals surface area contributed by atoms with Crippen LogP contribution >= 0.6 is 0 Å². The molecule has 0 aliphatic carbocycles. The van der Waals surface area contributed by atoms with Gasteiger partial charge in [-0.2, -0.15) is 5.10 Å². The number of nitrogens with one attached hydrogen (secondary N) is 1. The van der Waals surface area contributed by atoms with Crippen LogP contribution in [0.3, 0.4) is 0 Å². The lowest BCUT2D eigenvalue weighted by molar-refractivity contribution is -0.385. The third-order valence-electron chi connectivity index (χ3n) is 5.49. The number of ether oxygens (including phenoxy) is 2. The van der Waals surface area contributed by atoms with Crippen LogP contribution in [0, 0.1) is 15.5 Å². The smallest absolute Gasteiger partial charge is 0.379 e. The van der Waals surface area contributed by atoms with Crippen LogP contribution in [0.2, 0.25) is 0 Å². The first-order valence-electron chi connectivity index (χ1n) is 11.9. The Balaban J connectivity index is 1.54. The molecule has 0 saturated carbocycles. The van der Waals surface area contributed by atoms with E-state index in [1.54, 1.807) is 0 Å². The molecule has 10 nitrogen and oxygen atoms in total. The van der Waals surface area contributed by atoms with Crippen LogP contribution in [0.4, 0.5) is 5.69 Å². The average Bonchev–Trinajstić information content (AvgIpc) is 3.37. The molecule has 1 heterocycles. The second-order valence-electron chi connectivity index (χ2n) is 10.6. The van der Waals surface area contributed by atoms with E-state index < -0.39 is 22.5 Å². The Hall–Kier alpha value is -4.47. The van der Waals surface area contributed by atoms with Gasteiger partial charge in [0, 0.05) is 11.6 Å². The summed E-state index contributed by atoms with van der Waals surface area (Å²) in [5.74, 6) is -1.16. The van der Waals surface area contributed by atoms with E-state index in [1.165, 1.54) is 48.4 Å².